The molecule has 0 spiro atoms. The Morgan fingerprint density at radius 1 is 1.50 bits per heavy atom. The quantitative estimate of drug-likeness (QED) is 0.737. The van der Waals surface area contributed by atoms with Crippen molar-refractivity contribution in [2.24, 2.45) is 0 Å². The van der Waals surface area contributed by atoms with E-state index in [0.29, 0.717) is 5.56 Å². The van der Waals surface area contributed by atoms with Crippen molar-refractivity contribution in [1.82, 2.24) is 9.97 Å². The third-order valence-corrected chi connectivity index (χ3v) is 1.82. The van der Waals surface area contributed by atoms with E-state index in [1.165, 1.54) is 6.33 Å². The predicted octanol–water partition coefficient (Wildman–Crippen LogP) is 2.47. The maximum absolute atomic E-state index is 12.4. The van der Waals surface area contributed by atoms with Crippen molar-refractivity contribution in [1.29, 1.82) is 0 Å². The van der Waals surface area contributed by atoms with E-state index < -0.39 is 12.5 Å². The summed E-state index contributed by atoms with van der Waals surface area (Å²) in [6.45, 7) is 1.65. The van der Waals surface area contributed by atoms with Crippen LogP contribution in [0.1, 0.15) is 12.5 Å². The fourth-order valence-electron chi connectivity index (χ4n) is 0.754. The van der Waals surface area contributed by atoms with Crippen LogP contribution >= 0.6 is 11.6 Å². The topological polar surface area (TPSA) is 35.0 Å². The van der Waals surface area contributed by atoms with Crippen LogP contribution in [-0.4, -0.2) is 22.5 Å². The van der Waals surface area contributed by atoms with Gasteiger partial charge in [0.1, 0.15) is 11.5 Å². The van der Waals surface area contributed by atoms with E-state index >= 15 is 0 Å². The van der Waals surface area contributed by atoms with Crippen molar-refractivity contribution in [2.45, 2.75) is 19.8 Å². The van der Waals surface area contributed by atoms with Gasteiger partial charge < -0.3 is 4.74 Å². The molecule has 78 valence electrons. The van der Waals surface area contributed by atoms with E-state index in [1.54, 1.807) is 6.92 Å². The number of aromatic nitrogens is 2. The van der Waals surface area contributed by atoms with Crippen LogP contribution in [0.25, 0.3) is 0 Å². The highest BCUT2D eigenvalue weighted by Crippen LogP contribution is 2.21. The second-order valence-electron chi connectivity index (χ2n) is 2.95. The van der Waals surface area contributed by atoms with E-state index in [-0.39, 0.29) is 11.0 Å². The summed E-state index contributed by atoms with van der Waals surface area (Å²) < 4.78 is 29.7. The normalized spacial score (nSPS) is 11.5. The molecule has 0 radical (unpaired) electrons. The molecule has 0 atom stereocenters. The minimum Gasteiger partial charge on any atom is -0.471 e. The third kappa shape index (κ3) is 3.06. The maximum atomic E-state index is 12.4. The second-order valence-corrected chi connectivity index (χ2v) is 3.31. The molecule has 3 nitrogen and oxygen atoms in total. The van der Waals surface area contributed by atoms with Gasteiger partial charge in [-0.05, 0) is 6.92 Å². The first-order valence-corrected chi connectivity index (χ1v) is 4.25. The fraction of sp³-hybridized carbons (Fsp3) is 0.500. The van der Waals surface area contributed by atoms with Gasteiger partial charge in [-0.3, -0.25) is 0 Å². The van der Waals surface area contributed by atoms with Crippen LogP contribution in [-0.2, 0) is 0 Å². The van der Waals surface area contributed by atoms with Crippen molar-refractivity contribution in [3.8, 4) is 5.88 Å². The van der Waals surface area contributed by atoms with Crippen molar-refractivity contribution >= 4 is 11.6 Å². The molecule has 0 N–H and O–H groups in total. The molecule has 0 saturated heterocycles. The summed E-state index contributed by atoms with van der Waals surface area (Å²) in [5.74, 6) is -2.80. The SMILES string of the molecule is Cc1c(Cl)ncnc1OCC(C)(F)F. The van der Waals surface area contributed by atoms with Gasteiger partial charge in [0.15, 0.2) is 6.61 Å². The number of hydrogen-bond acceptors (Lipinski definition) is 3. The molecule has 0 saturated carbocycles. The number of ether oxygens (including phenoxy) is 1. The van der Waals surface area contributed by atoms with E-state index in [2.05, 4.69) is 9.97 Å². The number of halogens is 3. The molecule has 1 heterocycles. The van der Waals surface area contributed by atoms with Crippen LogP contribution < -0.4 is 4.74 Å². The first-order valence-electron chi connectivity index (χ1n) is 3.88. The number of hydrogen-bond donors (Lipinski definition) is 0. The van der Waals surface area contributed by atoms with E-state index in [9.17, 15) is 8.78 Å². The molecule has 1 rings (SSSR count). The Kier molecular flexibility index (Phi) is 3.21. The Bertz CT molecular complexity index is 328. The largest absolute Gasteiger partial charge is 0.471 e. The molecule has 0 aromatic carbocycles. The molecular formula is C8H9ClF2N2O. The molecule has 0 aliphatic carbocycles. The molecule has 0 aliphatic rings. The Labute approximate surface area is 85.1 Å². The zero-order chi connectivity index (χ0) is 10.8. The van der Waals surface area contributed by atoms with Crippen LogP contribution in [0.4, 0.5) is 8.78 Å². The molecule has 0 bridgehead atoms. The Morgan fingerprint density at radius 3 is 2.71 bits per heavy atom. The van der Waals surface area contributed by atoms with E-state index in [4.69, 9.17) is 16.3 Å². The van der Waals surface area contributed by atoms with Crippen molar-refractivity contribution < 1.29 is 13.5 Å². The van der Waals surface area contributed by atoms with Crippen molar-refractivity contribution in [2.75, 3.05) is 6.61 Å². The maximum Gasteiger partial charge on any atom is 0.278 e. The van der Waals surface area contributed by atoms with Gasteiger partial charge in [0.2, 0.25) is 5.88 Å². The summed E-state index contributed by atoms with van der Waals surface area (Å²) in [7, 11) is 0. The summed E-state index contributed by atoms with van der Waals surface area (Å²) >= 11 is 5.65. The summed E-state index contributed by atoms with van der Waals surface area (Å²) in [5, 5.41) is 0.203. The van der Waals surface area contributed by atoms with E-state index in [1.807, 2.05) is 0 Å². The second kappa shape index (κ2) is 4.04. The monoisotopic (exact) mass is 222 g/mol. The molecular weight excluding hydrogens is 214 g/mol. The van der Waals surface area contributed by atoms with Crippen molar-refractivity contribution in [3.05, 3.63) is 17.0 Å². The molecule has 0 fully saturated rings. The van der Waals surface area contributed by atoms with Crippen molar-refractivity contribution in [3.63, 3.8) is 0 Å². The van der Waals surface area contributed by atoms with Gasteiger partial charge in [0.05, 0.1) is 0 Å². The lowest BCUT2D eigenvalue weighted by atomic mass is 10.3. The van der Waals surface area contributed by atoms with Gasteiger partial charge in [-0.15, -0.1) is 0 Å². The lowest BCUT2D eigenvalue weighted by Crippen LogP contribution is -2.21. The predicted molar refractivity (Wildman–Crippen MR) is 47.9 cm³/mol. The van der Waals surface area contributed by atoms with Gasteiger partial charge in [-0.25, -0.2) is 18.7 Å². The Hall–Kier alpha value is -0.970. The molecule has 1 aromatic heterocycles. The van der Waals surface area contributed by atoms with Crippen LogP contribution in [0.15, 0.2) is 6.33 Å². The number of alkyl halides is 2. The van der Waals surface area contributed by atoms with Gasteiger partial charge >= 0.3 is 0 Å². The summed E-state index contributed by atoms with van der Waals surface area (Å²) in [6.07, 6.45) is 1.17. The summed E-state index contributed by atoms with van der Waals surface area (Å²) in [5.41, 5.74) is 0.457. The van der Waals surface area contributed by atoms with Gasteiger partial charge in [-0.2, -0.15) is 0 Å². The minimum atomic E-state index is -2.89. The summed E-state index contributed by atoms with van der Waals surface area (Å²) in [4.78, 5) is 7.36. The molecule has 0 aliphatic heterocycles. The molecule has 6 heteroatoms. The first kappa shape index (κ1) is 11.1. The Morgan fingerprint density at radius 2 is 2.14 bits per heavy atom. The zero-order valence-corrected chi connectivity index (χ0v) is 8.48. The summed E-state index contributed by atoms with van der Waals surface area (Å²) in [6, 6.07) is 0. The smallest absolute Gasteiger partial charge is 0.278 e. The molecule has 1 aromatic rings. The van der Waals surface area contributed by atoms with Crippen LogP contribution in [0.2, 0.25) is 5.15 Å². The minimum absolute atomic E-state index is 0.0894. The van der Waals surface area contributed by atoms with Gasteiger partial charge in [0.25, 0.3) is 5.92 Å². The average Bonchev–Trinajstić information content (AvgIpc) is 2.06. The lowest BCUT2D eigenvalue weighted by Gasteiger charge is -2.12. The van der Waals surface area contributed by atoms with E-state index in [0.717, 1.165) is 6.92 Å². The highest BCUT2D eigenvalue weighted by atomic mass is 35.5. The van der Waals surface area contributed by atoms with Gasteiger partial charge in [-0.1, -0.05) is 11.6 Å². The molecule has 0 unspecified atom stereocenters. The fourth-order valence-corrected chi connectivity index (χ4v) is 0.879. The zero-order valence-electron chi connectivity index (χ0n) is 7.72. The number of nitrogens with zero attached hydrogens (tertiary/aromatic N) is 2. The standard InChI is InChI=1S/C8H9ClF2N2O/c1-5-6(9)12-4-13-7(5)14-3-8(2,10)11/h4H,3H2,1-2H3. The van der Waals surface area contributed by atoms with Crippen LogP contribution in [0.5, 0.6) is 5.88 Å². The Balaban J connectivity index is 2.73. The van der Waals surface area contributed by atoms with Gasteiger partial charge in [0, 0.05) is 12.5 Å². The van der Waals surface area contributed by atoms with Crippen LogP contribution in [0, 0.1) is 6.92 Å². The first-order chi connectivity index (χ1) is 6.40. The van der Waals surface area contributed by atoms with Crippen LogP contribution in [0.3, 0.4) is 0 Å². The highest BCUT2D eigenvalue weighted by molar-refractivity contribution is 6.30. The molecule has 0 amide bonds. The highest BCUT2D eigenvalue weighted by Gasteiger charge is 2.23. The average molecular weight is 223 g/mol. The molecule has 14 heavy (non-hydrogen) atoms. The lowest BCUT2D eigenvalue weighted by molar-refractivity contribution is -0.0244. The third-order valence-electron chi connectivity index (χ3n) is 1.44. The number of rotatable bonds is 3.